The molecule has 1 saturated heterocycles. The van der Waals surface area contributed by atoms with E-state index in [-0.39, 0.29) is 5.91 Å². The Hall–Kier alpha value is -3.70. The summed E-state index contributed by atoms with van der Waals surface area (Å²) in [5.41, 5.74) is 2.59. The number of ether oxygens (including phenoxy) is 2. The molecule has 5 nitrogen and oxygen atoms in total. The molecule has 0 unspecified atom stereocenters. The van der Waals surface area contributed by atoms with Crippen LogP contribution in [0.15, 0.2) is 84.9 Å². The smallest absolute Gasteiger partial charge is 0.253 e. The van der Waals surface area contributed by atoms with Gasteiger partial charge in [0.25, 0.3) is 5.91 Å². The Kier molecular flexibility index (Phi) is 7.28. The topological polar surface area (TPSA) is 42.0 Å². The average Bonchev–Trinajstić information content (AvgIpc) is 2.92. The van der Waals surface area contributed by atoms with Crippen molar-refractivity contribution < 1.29 is 14.3 Å². The van der Waals surface area contributed by atoms with Crippen molar-refractivity contribution in [2.45, 2.75) is 13.5 Å². The van der Waals surface area contributed by atoms with E-state index in [1.165, 1.54) is 0 Å². The summed E-state index contributed by atoms with van der Waals surface area (Å²) in [6.07, 6.45) is 0. The summed E-state index contributed by atoms with van der Waals surface area (Å²) >= 11 is 6.15. The zero-order chi connectivity index (χ0) is 24.9. The number of rotatable bonds is 7. The lowest BCUT2D eigenvalue weighted by molar-refractivity contribution is 0.0746. The van der Waals surface area contributed by atoms with E-state index in [9.17, 15) is 4.79 Å². The first-order chi connectivity index (χ1) is 17.6. The van der Waals surface area contributed by atoms with E-state index in [4.69, 9.17) is 21.1 Å². The number of carbonyl (C=O) groups is 1. The van der Waals surface area contributed by atoms with Crippen LogP contribution in [-0.2, 0) is 6.61 Å². The van der Waals surface area contributed by atoms with Crippen LogP contribution < -0.4 is 14.4 Å². The lowest BCUT2D eigenvalue weighted by Crippen LogP contribution is -2.48. The Labute approximate surface area is 216 Å². The van der Waals surface area contributed by atoms with Gasteiger partial charge >= 0.3 is 0 Å². The highest BCUT2D eigenvalue weighted by atomic mass is 35.5. The highest BCUT2D eigenvalue weighted by molar-refractivity contribution is 6.30. The van der Waals surface area contributed by atoms with Crippen molar-refractivity contribution in [3.8, 4) is 11.5 Å². The molecule has 5 rings (SSSR count). The van der Waals surface area contributed by atoms with Gasteiger partial charge in [-0.1, -0.05) is 54.1 Å². The molecule has 1 aliphatic heterocycles. The van der Waals surface area contributed by atoms with E-state index in [0.717, 1.165) is 51.6 Å². The maximum absolute atomic E-state index is 13.4. The number of amides is 1. The van der Waals surface area contributed by atoms with Crippen LogP contribution in [0.4, 0.5) is 5.69 Å². The second-order valence-electron chi connectivity index (χ2n) is 8.78. The Bertz CT molecular complexity index is 1360. The molecule has 0 bridgehead atoms. The van der Waals surface area contributed by atoms with Crippen molar-refractivity contribution in [2.24, 2.45) is 0 Å². The van der Waals surface area contributed by atoms with Gasteiger partial charge in [0.15, 0.2) is 0 Å². The number of hydrogen-bond acceptors (Lipinski definition) is 4. The van der Waals surface area contributed by atoms with Gasteiger partial charge in [0.1, 0.15) is 18.1 Å². The zero-order valence-electron chi connectivity index (χ0n) is 20.3. The predicted octanol–water partition coefficient (Wildman–Crippen LogP) is 6.43. The van der Waals surface area contributed by atoms with Crippen molar-refractivity contribution in [3.05, 3.63) is 101 Å². The second kappa shape index (κ2) is 10.9. The number of benzene rings is 4. The number of carbonyl (C=O) groups excluding carboxylic acids is 1. The third-order valence-electron chi connectivity index (χ3n) is 6.48. The van der Waals surface area contributed by atoms with E-state index in [0.29, 0.717) is 31.9 Å². The number of anilines is 1. The first kappa shape index (κ1) is 24.0. The van der Waals surface area contributed by atoms with Crippen molar-refractivity contribution >= 4 is 34.0 Å². The minimum atomic E-state index is 0.0233. The Balaban J connectivity index is 1.30. The Morgan fingerprint density at radius 3 is 2.42 bits per heavy atom. The quantitative estimate of drug-likeness (QED) is 0.293. The van der Waals surface area contributed by atoms with Gasteiger partial charge in [0.2, 0.25) is 0 Å². The fraction of sp³-hybridized carbons (Fsp3) is 0.233. The molecule has 0 radical (unpaired) electrons. The fourth-order valence-corrected chi connectivity index (χ4v) is 4.81. The molecule has 1 aliphatic rings. The molecular formula is C30H29ClN2O3. The van der Waals surface area contributed by atoms with Gasteiger partial charge in [0, 0.05) is 53.4 Å². The van der Waals surface area contributed by atoms with Crippen molar-refractivity contribution in [1.29, 1.82) is 0 Å². The van der Waals surface area contributed by atoms with Gasteiger partial charge in [-0.05, 0) is 54.8 Å². The molecule has 0 spiro atoms. The molecule has 4 aromatic carbocycles. The van der Waals surface area contributed by atoms with Crippen molar-refractivity contribution in [2.75, 3.05) is 37.7 Å². The molecule has 1 heterocycles. The monoisotopic (exact) mass is 500 g/mol. The zero-order valence-corrected chi connectivity index (χ0v) is 21.1. The molecule has 0 N–H and O–H groups in total. The Morgan fingerprint density at radius 1 is 0.833 bits per heavy atom. The van der Waals surface area contributed by atoms with Crippen LogP contribution in [0.2, 0.25) is 5.02 Å². The molecule has 36 heavy (non-hydrogen) atoms. The highest BCUT2D eigenvalue weighted by Crippen LogP contribution is 2.29. The molecule has 4 aromatic rings. The summed E-state index contributed by atoms with van der Waals surface area (Å²) in [7, 11) is 0. The van der Waals surface area contributed by atoms with Gasteiger partial charge < -0.3 is 19.3 Å². The van der Waals surface area contributed by atoms with Crippen molar-refractivity contribution in [3.63, 3.8) is 0 Å². The van der Waals surface area contributed by atoms with Gasteiger partial charge in [-0.3, -0.25) is 4.79 Å². The number of piperazine rings is 1. The third kappa shape index (κ3) is 5.26. The normalized spacial score (nSPS) is 13.6. The van der Waals surface area contributed by atoms with Crippen LogP contribution >= 0.6 is 11.6 Å². The van der Waals surface area contributed by atoms with Crippen LogP contribution in [0.5, 0.6) is 11.5 Å². The first-order valence-electron chi connectivity index (χ1n) is 12.3. The van der Waals surface area contributed by atoms with E-state index in [1.54, 1.807) is 0 Å². The SMILES string of the molecule is CCOc1ccc(C(=O)N2CCN(c3cccc(Cl)c3)CC2)cc1COc1cccc2ccccc12. The second-order valence-corrected chi connectivity index (χ2v) is 9.22. The molecule has 0 saturated carbocycles. The van der Waals surface area contributed by atoms with Crippen LogP contribution in [0.1, 0.15) is 22.8 Å². The standard InChI is InChI=1S/C30H29ClN2O3/c1-2-35-28-14-13-23(19-24(28)21-36-29-12-5-8-22-7-3-4-11-27(22)29)30(34)33-17-15-32(16-18-33)26-10-6-9-25(31)20-26/h3-14,19-20H,2,15-18,21H2,1H3. The molecular weight excluding hydrogens is 472 g/mol. The summed E-state index contributed by atoms with van der Waals surface area (Å²) in [5, 5.41) is 2.90. The first-order valence-corrected chi connectivity index (χ1v) is 12.7. The molecule has 0 atom stereocenters. The molecule has 0 aliphatic carbocycles. The average molecular weight is 501 g/mol. The predicted molar refractivity (Wildman–Crippen MR) is 145 cm³/mol. The minimum Gasteiger partial charge on any atom is -0.493 e. The summed E-state index contributed by atoms with van der Waals surface area (Å²) in [6.45, 7) is 5.64. The van der Waals surface area contributed by atoms with Gasteiger partial charge in [-0.15, -0.1) is 0 Å². The summed E-state index contributed by atoms with van der Waals surface area (Å²) in [4.78, 5) is 17.5. The largest absolute Gasteiger partial charge is 0.493 e. The number of halogens is 1. The van der Waals surface area contributed by atoms with Gasteiger partial charge in [0.05, 0.1) is 6.61 Å². The summed E-state index contributed by atoms with van der Waals surface area (Å²) in [5.74, 6) is 1.57. The Morgan fingerprint density at radius 2 is 1.61 bits per heavy atom. The summed E-state index contributed by atoms with van der Waals surface area (Å²) < 4.78 is 12.1. The molecule has 0 aromatic heterocycles. The summed E-state index contributed by atoms with van der Waals surface area (Å²) in [6, 6.07) is 27.6. The number of fused-ring (bicyclic) bond motifs is 1. The van der Waals surface area contributed by atoms with Crippen LogP contribution in [-0.4, -0.2) is 43.6 Å². The van der Waals surface area contributed by atoms with Crippen LogP contribution in [0, 0.1) is 0 Å². The molecule has 184 valence electrons. The van der Waals surface area contributed by atoms with E-state index in [2.05, 4.69) is 29.2 Å². The van der Waals surface area contributed by atoms with E-state index >= 15 is 0 Å². The lowest BCUT2D eigenvalue weighted by atomic mass is 10.1. The van der Waals surface area contributed by atoms with Crippen LogP contribution in [0.3, 0.4) is 0 Å². The molecule has 1 fully saturated rings. The lowest BCUT2D eigenvalue weighted by Gasteiger charge is -2.36. The van der Waals surface area contributed by atoms with Gasteiger partial charge in [-0.25, -0.2) is 0 Å². The van der Waals surface area contributed by atoms with Gasteiger partial charge in [-0.2, -0.15) is 0 Å². The third-order valence-corrected chi connectivity index (χ3v) is 6.72. The fourth-order valence-electron chi connectivity index (χ4n) is 4.62. The highest BCUT2D eigenvalue weighted by Gasteiger charge is 2.23. The van der Waals surface area contributed by atoms with Crippen LogP contribution in [0.25, 0.3) is 10.8 Å². The van der Waals surface area contributed by atoms with E-state index < -0.39 is 0 Å². The molecule has 1 amide bonds. The number of hydrogen-bond donors (Lipinski definition) is 0. The maximum Gasteiger partial charge on any atom is 0.253 e. The van der Waals surface area contributed by atoms with E-state index in [1.807, 2.05) is 72.5 Å². The molecule has 6 heteroatoms. The van der Waals surface area contributed by atoms with Crippen molar-refractivity contribution in [1.82, 2.24) is 4.90 Å². The number of nitrogens with zero attached hydrogens (tertiary/aromatic N) is 2. The maximum atomic E-state index is 13.4. The minimum absolute atomic E-state index is 0.0233.